The van der Waals surface area contributed by atoms with Crippen LogP contribution in [0.5, 0.6) is 5.88 Å². The van der Waals surface area contributed by atoms with Crippen molar-refractivity contribution in [2.75, 3.05) is 0 Å². The average molecular weight is 172 g/mol. The molecule has 0 bridgehead atoms. The smallest absolute Gasteiger partial charge is 0.245 e. The number of hydrogen-bond donors (Lipinski definition) is 0. The first kappa shape index (κ1) is 6.83. The molecule has 0 radical (unpaired) electrons. The summed E-state index contributed by atoms with van der Waals surface area (Å²) in [6.07, 6.45) is 9.37. The molecule has 1 saturated carbocycles. The fourth-order valence-corrected chi connectivity index (χ4v) is 1.46. The van der Waals surface area contributed by atoms with Gasteiger partial charge in [0.15, 0.2) is 0 Å². The van der Waals surface area contributed by atoms with Gasteiger partial charge in [-0.3, -0.25) is 0 Å². The largest absolute Gasteiger partial charge is 0.445 e. The predicted octanol–water partition coefficient (Wildman–Crippen LogP) is 1.93. The van der Waals surface area contributed by atoms with Gasteiger partial charge >= 0.3 is 0 Å². The van der Waals surface area contributed by atoms with Gasteiger partial charge in [0.2, 0.25) is 5.88 Å². The van der Waals surface area contributed by atoms with Crippen LogP contribution in [0, 0.1) is 0 Å². The van der Waals surface area contributed by atoms with Crippen molar-refractivity contribution in [3.05, 3.63) is 36.0 Å². The molecule has 0 aromatic carbocycles. The van der Waals surface area contributed by atoms with E-state index < -0.39 is 0 Å². The second-order valence-electron chi connectivity index (χ2n) is 3.15. The van der Waals surface area contributed by atoms with Crippen molar-refractivity contribution in [1.82, 2.24) is 9.97 Å². The van der Waals surface area contributed by atoms with E-state index >= 15 is 0 Å². The normalized spacial score (nSPS) is 18.2. The quantitative estimate of drug-likeness (QED) is 0.599. The van der Waals surface area contributed by atoms with E-state index in [9.17, 15) is 0 Å². The molecule has 1 aliphatic carbocycles. The van der Waals surface area contributed by atoms with Crippen molar-refractivity contribution in [2.45, 2.75) is 12.8 Å². The number of hydrogen-bond acceptors (Lipinski definition) is 3. The molecule has 64 valence electrons. The van der Waals surface area contributed by atoms with Crippen LogP contribution in [0.3, 0.4) is 0 Å². The Labute approximate surface area is 75.8 Å². The van der Waals surface area contributed by atoms with Crippen LogP contribution >= 0.6 is 0 Å². The van der Waals surface area contributed by atoms with E-state index in [-0.39, 0.29) is 0 Å². The van der Waals surface area contributed by atoms with Gasteiger partial charge in [-0.2, -0.15) is 0 Å². The molecule has 0 unspecified atom stereocenters. The van der Waals surface area contributed by atoms with Crippen molar-refractivity contribution in [2.24, 2.45) is 0 Å². The second-order valence-corrected chi connectivity index (χ2v) is 3.15. The second kappa shape index (κ2) is 2.42. The van der Waals surface area contributed by atoms with Gasteiger partial charge in [-0.15, -0.1) is 0 Å². The third-order valence-corrected chi connectivity index (χ3v) is 2.22. The van der Waals surface area contributed by atoms with Crippen LogP contribution in [-0.4, -0.2) is 9.97 Å². The third kappa shape index (κ3) is 1.04. The van der Waals surface area contributed by atoms with Gasteiger partial charge in [-0.1, -0.05) is 5.57 Å². The van der Waals surface area contributed by atoms with Crippen LogP contribution in [0.15, 0.2) is 30.3 Å². The van der Waals surface area contributed by atoms with Crippen LogP contribution in [0.2, 0.25) is 0 Å². The number of ether oxygens (including phenoxy) is 1. The van der Waals surface area contributed by atoms with Gasteiger partial charge in [0.05, 0.1) is 6.26 Å². The fourth-order valence-electron chi connectivity index (χ4n) is 1.46. The first-order valence-corrected chi connectivity index (χ1v) is 4.32. The molecule has 0 saturated heterocycles. The molecule has 0 N–H and O–H groups in total. The third-order valence-electron chi connectivity index (χ3n) is 2.22. The highest BCUT2D eigenvalue weighted by Gasteiger charge is 2.22. The Balaban J connectivity index is 2.22. The molecule has 3 nitrogen and oxygen atoms in total. The minimum atomic E-state index is 0.624. The standard InChI is InChI=1S/C10H8N2O/c1-2-7(1)8-3-6-13-10-9(8)11-4-5-12-10/h3-6H,1-2H2. The maximum Gasteiger partial charge on any atom is 0.245 e. The summed E-state index contributed by atoms with van der Waals surface area (Å²) in [4.78, 5) is 8.37. The highest BCUT2D eigenvalue weighted by molar-refractivity contribution is 5.80. The van der Waals surface area contributed by atoms with Crippen molar-refractivity contribution >= 4 is 5.57 Å². The number of aromatic nitrogens is 2. The van der Waals surface area contributed by atoms with Crippen molar-refractivity contribution < 1.29 is 4.74 Å². The summed E-state index contributed by atoms with van der Waals surface area (Å²) in [7, 11) is 0. The molecule has 3 rings (SSSR count). The summed E-state index contributed by atoms with van der Waals surface area (Å²) in [5.41, 5.74) is 3.55. The Morgan fingerprint density at radius 3 is 2.85 bits per heavy atom. The van der Waals surface area contributed by atoms with Crippen LogP contribution in [-0.2, 0) is 0 Å². The Morgan fingerprint density at radius 1 is 1.15 bits per heavy atom. The zero-order valence-electron chi connectivity index (χ0n) is 7.03. The number of rotatable bonds is 0. The Kier molecular flexibility index (Phi) is 1.27. The molecule has 2 heterocycles. The van der Waals surface area contributed by atoms with E-state index in [2.05, 4.69) is 9.97 Å². The maximum absolute atomic E-state index is 5.24. The molecule has 0 amide bonds. The Morgan fingerprint density at radius 2 is 2.00 bits per heavy atom. The predicted molar refractivity (Wildman–Crippen MR) is 48.0 cm³/mol. The molecule has 0 spiro atoms. The lowest BCUT2D eigenvalue weighted by molar-refractivity contribution is 0.452. The van der Waals surface area contributed by atoms with Gasteiger partial charge in [-0.25, -0.2) is 9.97 Å². The molecule has 13 heavy (non-hydrogen) atoms. The van der Waals surface area contributed by atoms with Gasteiger partial charge in [0.1, 0.15) is 5.69 Å². The maximum atomic E-state index is 5.24. The molecule has 1 aromatic rings. The topological polar surface area (TPSA) is 35.0 Å². The van der Waals surface area contributed by atoms with Crippen molar-refractivity contribution in [1.29, 1.82) is 0 Å². The van der Waals surface area contributed by atoms with Crippen LogP contribution in [0.4, 0.5) is 0 Å². The number of fused-ring (bicyclic) bond motifs is 1. The molecular formula is C10H8N2O. The fraction of sp³-hybridized carbons (Fsp3) is 0.200. The Bertz CT molecular complexity index is 415. The number of nitrogens with zero attached hydrogens (tertiary/aromatic N) is 2. The Hall–Kier alpha value is -1.64. The highest BCUT2D eigenvalue weighted by atomic mass is 16.5. The summed E-state index contributed by atoms with van der Waals surface area (Å²) in [5, 5.41) is 0. The van der Waals surface area contributed by atoms with E-state index in [1.165, 1.54) is 24.0 Å². The van der Waals surface area contributed by atoms with Crippen LogP contribution in [0.1, 0.15) is 18.5 Å². The lowest BCUT2D eigenvalue weighted by Gasteiger charge is -2.10. The molecule has 0 atom stereocenters. The molecular weight excluding hydrogens is 164 g/mol. The van der Waals surface area contributed by atoms with E-state index in [1.807, 2.05) is 6.08 Å². The minimum absolute atomic E-state index is 0.624. The first-order chi connectivity index (χ1) is 6.45. The van der Waals surface area contributed by atoms with Gasteiger partial charge in [-0.05, 0) is 18.9 Å². The van der Waals surface area contributed by atoms with Crippen molar-refractivity contribution in [3.8, 4) is 5.88 Å². The lowest BCUT2D eigenvalue weighted by atomic mass is 10.1. The summed E-state index contributed by atoms with van der Waals surface area (Å²) < 4.78 is 5.24. The van der Waals surface area contributed by atoms with Gasteiger partial charge < -0.3 is 4.74 Å². The van der Waals surface area contributed by atoms with E-state index in [0.29, 0.717) is 5.88 Å². The minimum Gasteiger partial charge on any atom is -0.445 e. The zero-order chi connectivity index (χ0) is 8.67. The summed E-state index contributed by atoms with van der Waals surface area (Å²) in [6, 6.07) is 0. The molecule has 1 aromatic heterocycles. The van der Waals surface area contributed by atoms with E-state index in [4.69, 9.17) is 4.74 Å². The van der Waals surface area contributed by atoms with Crippen LogP contribution < -0.4 is 4.74 Å². The van der Waals surface area contributed by atoms with Crippen molar-refractivity contribution in [3.63, 3.8) is 0 Å². The molecule has 3 heteroatoms. The van der Waals surface area contributed by atoms with Gasteiger partial charge in [0.25, 0.3) is 0 Å². The SMILES string of the molecule is C1=CC(=C2CC2)c2nccnc2O1. The summed E-state index contributed by atoms with van der Waals surface area (Å²) >= 11 is 0. The summed E-state index contributed by atoms with van der Waals surface area (Å²) in [6.45, 7) is 0. The molecule has 1 aliphatic heterocycles. The van der Waals surface area contributed by atoms with Gasteiger partial charge in [0, 0.05) is 18.0 Å². The monoisotopic (exact) mass is 172 g/mol. The van der Waals surface area contributed by atoms with E-state index in [1.54, 1.807) is 18.7 Å². The zero-order valence-corrected chi connectivity index (χ0v) is 7.03. The summed E-state index contributed by atoms with van der Waals surface area (Å²) in [5.74, 6) is 0.624. The molecule has 1 fully saturated rings. The first-order valence-electron chi connectivity index (χ1n) is 4.32. The van der Waals surface area contributed by atoms with E-state index in [0.717, 1.165) is 5.69 Å². The average Bonchev–Trinajstić information content (AvgIpc) is 3.00. The lowest BCUT2D eigenvalue weighted by Crippen LogP contribution is -2.00. The highest BCUT2D eigenvalue weighted by Crippen LogP contribution is 2.39. The molecule has 2 aliphatic rings. The number of allylic oxidation sites excluding steroid dienone is 3. The van der Waals surface area contributed by atoms with Crippen LogP contribution in [0.25, 0.3) is 5.57 Å².